The molecule has 4 heteroatoms. The largest absolute Gasteiger partial charge is 0.375 e. The van der Waals surface area contributed by atoms with Gasteiger partial charge in [0.05, 0.1) is 19.1 Å². The smallest absolute Gasteiger partial charge is 0.227 e. The van der Waals surface area contributed by atoms with Crippen LogP contribution in [0, 0.1) is 0 Å². The number of hydrogen-bond acceptors (Lipinski definition) is 3. The Labute approximate surface area is 143 Å². The molecule has 1 unspecified atom stereocenters. The van der Waals surface area contributed by atoms with E-state index in [0.29, 0.717) is 26.1 Å². The van der Waals surface area contributed by atoms with Crippen molar-refractivity contribution in [3.63, 3.8) is 0 Å². The molecule has 1 atom stereocenters. The Morgan fingerprint density at radius 3 is 2.71 bits per heavy atom. The highest BCUT2D eigenvalue weighted by Crippen LogP contribution is 2.14. The minimum atomic E-state index is 0.156. The average Bonchev–Trinajstić information content (AvgIpc) is 2.64. The Morgan fingerprint density at radius 2 is 1.92 bits per heavy atom. The topological polar surface area (TPSA) is 42.4 Å². The molecule has 24 heavy (non-hydrogen) atoms. The molecule has 2 heterocycles. The first-order valence-corrected chi connectivity index (χ1v) is 8.63. The lowest BCUT2D eigenvalue weighted by molar-refractivity contribution is -0.138. The molecule has 0 spiro atoms. The van der Waals surface area contributed by atoms with Crippen molar-refractivity contribution in [2.24, 2.45) is 0 Å². The summed E-state index contributed by atoms with van der Waals surface area (Å²) in [7, 11) is 0. The molecule has 1 amide bonds. The Balaban J connectivity index is 1.44. The SMILES string of the molecule is O=C(Cc1ccncc1)N1CCOC(CCCc2ccccc2)C1. The molecule has 1 aliphatic heterocycles. The highest BCUT2D eigenvalue weighted by atomic mass is 16.5. The first kappa shape index (κ1) is 16.7. The van der Waals surface area contributed by atoms with E-state index in [1.54, 1.807) is 12.4 Å². The first-order chi connectivity index (χ1) is 11.8. The summed E-state index contributed by atoms with van der Waals surface area (Å²) in [5.74, 6) is 0.178. The summed E-state index contributed by atoms with van der Waals surface area (Å²) in [6.45, 7) is 2.04. The van der Waals surface area contributed by atoms with Crippen LogP contribution < -0.4 is 0 Å². The van der Waals surface area contributed by atoms with Gasteiger partial charge in [0.1, 0.15) is 0 Å². The lowest BCUT2D eigenvalue weighted by atomic mass is 10.0. The standard InChI is InChI=1S/C20H24N2O2/c23-20(15-18-9-11-21-12-10-18)22-13-14-24-19(16-22)8-4-7-17-5-2-1-3-6-17/h1-3,5-6,9-12,19H,4,7-8,13-16H2. The third-order valence-electron chi connectivity index (χ3n) is 4.43. The van der Waals surface area contributed by atoms with E-state index in [-0.39, 0.29) is 12.0 Å². The minimum absolute atomic E-state index is 0.156. The number of ether oxygens (including phenoxy) is 1. The van der Waals surface area contributed by atoms with Crippen LogP contribution in [0.3, 0.4) is 0 Å². The van der Waals surface area contributed by atoms with Gasteiger partial charge < -0.3 is 9.64 Å². The molecule has 0 aliphatic carbocycles. The van der Waals surface area contributed by atoms with Gasteiger partial charge in [-0.1, -0.05) is 30.3 Å². The Morgan fingerprint density at radius 1 is 1.12 bits per heavy atom. The molecule has 1 aromatic heterocycles. The van der Waals surface area contributed by atoms with E-state index >= 15 is 0 Å². The zero-order chi connectivity index (χ0) is 16.6. The number of aromatic nitrogens is 1. The highest BCUT2D eigenvalue weighted by molar-refractivity contribution is 5.78. The summed E-state index contributed by atoms with van der Waals surface area (Å²) < 4.78 is 5.84. The van der Waals surface area contributed by atoms with Crippen LogP contribution in [0.4, 0.5) is 0 Å². The summed E-state index contributed by atoms with van der Waals surface area (Å²) in [5.41, 5.74) is 2.38. The van der Waals surface area contributed by atoms with Crippen molar-refractivity contribution in [3.05, 3.63) is 66.0 Å². The number of hydrogen-bond donors (Lipinski definition) is 0. The molecule has 1 aromatic carbocycles. The van der Waals surface area contributed by atoms with Gasteiger partial charge in [-0.25, -0.2) is 0 Å². The molecule has 0 saturated carbocycles. The number of morpholine rings is 1. The van der Waals surface area contributed by atoms with Crippen LogP contribution in [0.1, 0.15) is 24.0 Å². The van der Waals surface area contributed by atoms with Crippen molar-refractivity contribution in [1.82, 2.24) is 9.88 Å². The minimum Gasteiger partial charge on any atom is -0.375 e. The van der Waals surface area contributed by atoms with Gasteiger partial charge in [0.15, 0.2) is 0 Å². The number of benzene rings is 1. The molecular weight excluding hydrogens is 300 g/mol. The van der Waals surface area contributed by atoms with Crippen molar-refractivity contribution < 1.29 is 9.53 Å². The number of amides is 1. The van der Waals surface area contributed by atoms with Crippen molar-refractivity contribution >= 4 is 5.91 Å². The number of rotatable bonds is 6. The van der Waals surface area contributed by atoms with E-state index in [9.17, 15) is 4.79 Å². The molecule has 1 aliphatic rings. The molecule has 2 aromatic rings. The molecule has 4 nitrogen and oxygen atoms in total. The van der Waals surface area contributed by atoms with Gasteiger partial charge in [-0.3, -0.25) is 9.78 Å². The zero-order valence-electron chi connectivity index (χ0n) is 13.9. The van der Waals surface area contributed by atoms with Gasteiger partial charge in [-0.05, 0) is 42.5 Å². The van der Waals surface area contributed by atoms with E-state index in [1.807, 2.05) is 23.1 Å². The third kappa shape index (κ3) is 4.90. The molecule has 1 fully saturated rings. The quantitative estimate of drug-likeness (QED) is 0.820. The molecule has 0 radical (unpaired) electrons. The normalized spacial score (nSPS) is 17.7. The second-order valence-electron chi connectivity index (χ2n) is 6.24. The summed E-state index contributed by atoms with van der Waals surface area (Å²) in [4.78, 5) is 18.4. The second kappa shape index (κ2) is 8.60. The van der Waals surface area contributed by atoms with Crippen LogP contribution in [0.25, 0.3) is 0 Å². The van der Waals surface area contributed by atoms with Crippen LogP contribution in [0.15, 0.2) is 54.9 Å². The number of carbonyl (C=O) groups excluding carboxylic acids is 1. The Hall–Kier alpha value is -2.20. The van der Waals surface area contributed by atoms with Gasteiger partial charge in [-0.15, -0.1) is 0 Å². The van der Waals surface area contributed by atoms with Gasteiger partial charge in [-0.2, -0.15) is 0 Å². The third-order valence-corrected chi connectivity index (χ3v) is 4.43. The summed E-state index contributed by atoms with van der Waals surface area (Å²) in [6.07, 6.45) is 7.20. The maximum atomic E-state index is 12.5. The molecular formula is C20H24N2O2. The Bertz CT molecular complexity index is 631. The Kier molecular flexibility index (Phi) is 5.96. The highest BCUT2D eigenvalue weighted by Gasteiger charge is 2.23. The van der Waals surface area contributed by atoms with E-state index in [2.05, 4.69) is 29.2 Å². The first-order valence-electron chi connectivity index (χ1n) is 8.63. The van der Waals surface area contributed by atoms with Gasteiger partial charge in [0, 0.05) is 25.5 Å². The van der Waals surface area contributed by atoms with Gasteiger partial charge in [0.2, 0.25) is 5.91 Å². The van der Waals surface area contributed by atoms with Gasteiger partial charge >= 0.3 is 0 Å². The van der Waals surface area contributed by atoms with E-state index in [4.69, 9.17) is 4.74 Å². The number of nitrogens with zero attached hydrogens (tertiary/aromatic N) is 2. The summed E-state index contributed by atoms with van der Waals surface area (Å²) in [6, 6.07) is 14.3. The fraction of sp³-hybridized carbons (Fsp3) is 0.400. The summed E-state index contributed by atoms with van der Waals surface area (Å²) in [5, 5.41) is 0. The lowest BCUT2D eigenvalue weighted by Gasteiger charge is -2.33. The molecule has 126 valence electrons. The summed E-state index contributed by atoms with van der Waals surface area (Å²) >= 11 is 0. The van der Waals surface area contributed by atoms with Crippen molar-refractivity contribution in [2.45, 2.75) is 31.8 Å². The predicted octanol–water partition coefficient (Wildman–Crippen LogP) is 2.87. The fourth-order valence-electron chi connectivity index (χ4n) is 3.09. The number of pyridine rings is 1. The van der Waals surface area contributed by atoms with Crippen LogP contribution in [0.2, 0.25) is 0 Å². The van der Waals surface area contributed by atoms with Crippen molar-refractivity contribution in [1.29, 1.82) is 0 Å². The molecule has 3 rings (SSSR count). The average molecular weight is 324 g/mol. The van der Waals surface area contributed by atoms with Crippen LogP contribution >= 0.6 is 0 Å². The zero-order valence-corrected chi connectivity index (χ0v) is 13.9. The molecule has 0 bridgehead atoms. The van der Waals surface area contributed by atoms with Crippen molar-refractivity contribution in [2.75, 3.05) is 19.7 Å². The monoisotopic (exact) mass is 324 g/mol. The number of carbonyl (C=O) groups is 1. The van der Waals surface area contributed by atoms with E-state index in [0.717, 1.165) is 24.8 Å². The van der Waals surface area contributed by atoms with Gasteiger partial charge in [0.25, 0.3) is 0 Å². The molecule has 0 N–H and O–H groups in total. The van der Waals surface area contributed by atoms with Crippen LogP contribution in [-0.2, 0) is 22.4 Å². The number of aryl methyl sites for hydroxylation is 1. The molecule has 1 saturated heterocycles. The van der Waals surface area contributed by atoms with E-state index in [1.165, 1.54) is 5.56 Å². The maximum absolute atomic E-state index is 12.5. The van der Waals surface area contributed by atoms with Crippen LogP contribution in [0.5, 0.6) is 0 Å². The lowest BCUT2D eigenvalue weighted by Crippen LogP contribution is -2.46. The predicted molar refractivity (Wildman–Crippen MR) is 93.6 cm³/mol. The van der Waals surface area contributed by atoms with E-state index < -0.39 is 0 Å². The fourth-order valence-corrected chi connectivity index (χ4v) is 3.09. The second-order valence-corrected chi connectivity index (χ2v) is 6.24. The maximum Gasteiger partial charge on any atom is 0.227 e. The van der Waals surface area contributed by atoms with Crippen LogP contribution in [-0.4, -0.2) is 41.6 Å². The van der Waals surface area contributed by atoms with Crippen molar-refractivity contribution in [3.8, 4) is 0 Å².